The number of benzene rings is 4. The van der Waals surface area contributed by atoms with E-state index in [9.17, 15) is 0 Å². The Balaban J connectivity index is 1.19. The molecule has 1 fully saturated rings. The number of hydrogen-bond donors (Lipinski definition) is 2. The quantitative estimate of drug-likeness (QED) is 0.170. The van der Waals surface area contributed by atoms with Gasteiger partial charge in [-0.2, -0.15) is 0 Å². The van der Waals surface area contributed by atoms with Crippen molar-refractivity contribution in [2.75, 3.05) is 0 Å². The summed E-state index contributed by atoms with van der Waals surface area (Å²) in [6.07, 6.45) is 29.3. The number of rotatable bonds is 5. The fourth-order valence-corrected chi connectivity index (χ4v) is 11.5. The Morgan fingerprint density at radius 3 is 2.18 bits per heavy atom. The Labute approximate surface area is 355 Å². The van der Waals surface area contributed by atoms with E-state index in [4.69, 9.17) is 15.9 Å². The maximum atomic E-state index is 7.65. The molecule has 7 aromatic rings. The average Bonchev–Trinajstić information content (AvgIpc) is 3.88. The average molecular weight is 795 g/mol. The van der Waals surface area contributed by atoms with Crippen molar-refractivity contribution in [2.24, 2.45) is 17.4 Å². The molecule has 0 saturated heterocycles. The third-order valence-electron chi connectivity index (χ3n) is 14.7. The molecular weight excluding hydrogens is 733 g/mol. The molecule has 0 aliphatic heterocycles. The molecule has 3 heterocycles. The third-order valence-corrected chi connectivity index (χ3v) is 14.7. The summed E-state index contributed by atoms with van der Waals surface area (Å²) in [6, 6.07) is 29.6. The first-order chi connectivity index (χ1) is 29.3. The molecule has 308 valence electrons. The van der Waals surface area contributed by atoms with Crippen LogP contribution in [0.15, 0.2) is 108 Å². The highest BCUT2D eigenvalue weighted by Gasteiger charge is 2.36. The van der Waals surface area contributed by atoms with Crippen molar-refractivity contribution >= 4 is 55.9 Å². The van der Waals surface area contributed by atoms with E-state index in [1.165, 1.54) is 82.7 Å². The van der Waals surface area contributed by atoms with E-state index in [0.717, 1.165) is 90.4 Å². The lowest BCUT2D eigenvalue weighted by atomic mass is 9.78. The second-order valence-electron chi connectivity index (χ2n) is 18.6. The van der Waals surface area contributed by atoms with Gasteiger partial charge in [0.25, 0.3) is 0 Å². The summed E-state index contributed by atoms with van der Waals surface area (Å²) in [5.74, 6) is 1.14. The molecule has 5 heteroatoms. The lowest BCUT2D eigenvalue weighted by Crippen LogP contribution is -2.38. The smallest absolute Gasteiger partial charge is 0.135 e. The van der Waals surface area contributed by atoms with Crippen molar-refractivity contribution in [1.82, 2.24) is 9.13 Å². The zero-order chi connectivity index (χ0) is 41.0. The van der Waals surface area contributed by atoms with Gasteiger partial charge in [-0.3, -0.25) is 0 Å². The lowest BCUT2D eigenvalue weighted by Gasteiger charge is -2.32. The van der Waals surface area contributed by atoms with Crippen molar-refractivity contribution in [3.63, 3.8) is 0 Å². The van der Waals surface area contributed by atoms with Crippen LogP contribution in [0.2, 0.25) is 0 Å². The van der Waals surface area contributed by atoms with Gasteiger partial charge in [0.15, 0.2) is 0 Å². The van der Waals surface area contributed by atoms with Gasteiger partial charge < -0.3 is 25.0 Å². The molecule has 3 aliphatic carbocycles. The Kier molecular flexibility index (Phi) is 10.2. The second kappa shape index (κ2) is 15.7. The van der Waals surface area contributed by atoms with Crippen molar-refractivity contribution < 1.29 is 4.42 Å². The molecule has 3 aliphatic rings. The van der Waals surface area contributed by atoms with Crippen LogP contribution in [0.3, 0.4) is 0 Å². The van der Waals surface area contributed by atoms with E-state index in [1.807, 2.05) is 0 Å². The molecule has 4 atom stereocenters. The van der Waals surface area contributed by atoms with Gasteiger partial charge in [0, 0.05) is 55.3 Å². The van der Waals surface area contributed by atoms with Crippen LogP contribution in [-0.4, -0.2) is 9.13 Å². The summed E-state index contributed by atoms with van der Waals surface area (Å²) in [6.45, 7) is 6.99. The van der Waals surface area contributed by atoms with Crippen molar-refractivity contribution in [3.8, 4) is 11.4 Å². The molecule has 4 N–H and O–H groups in total. The van der Waals surface area contributed by atoms with Crippen LogP contribution in [0.5, 0.6) is 0 Å². The van der Waals surface area contributed by atoms with Gasteiger partial charge in [-0.1, -0.05) is 95.0 Å². The van der Waals surface area contributed by atoms with E-state index in [-0.39, 0.29) is 5.54 Å². The molecule has 0 radical (unpaired) electrons. The monoisotopic (exact) mass is 794 g/mol. The van der Waals surface area contributed by atoms with E-state index in [1.54, 1.807) is 0 Å². The Bertz CT molecular complexity index is 2820. The molecule has 4 aromatic carbocycles. The van der Waals surface area contributed by atoms with Crippen LogP contribution in [0, 0.1) is 5.92 Å². The summed E-state index contributed by atoms with van der Waals surface area (Å²) in [7, 11) is 0. The van der Waals surface area contributed by atoms with Crippen molar-refractivity contribution in [1.29, 1.82) is 0 Å². The summed E-state index contributed by atoms with van der Waals surface area (Å²) in [4.78, 5) is 0. The first-order valence-corrected chi connectivity index (χ1v) is 23.2. The zero-order valence-electron chi connectivity index (χ0n) is 36.0. The fraction of sp³-hybridized carbons (Fsp3) is 0.382. The zero-order valence-corrected chi connectivity index (χ0v) is 36.0. The van der Waals surface area contributed by atoms with Crippen molar-refractivity contribution in [3.05, 3.63) is 131 Å². The third kappa shape index (κ3) is 6.60. The highest BCUT2D eigenvalue weighted by Crippen LogP contribution is 2.46. The first-order valence-electron chi connectivity index (χ1n) is 23.2. The maximum absolute atomic E-state index is 7.65. The summed E-state index contributed by atoms with van der Waals surface area (Å²) in [5.41, 5.74) is 27.2. The van der Waals surface area contributed by atoms with Crippen LogP contribution in [0.4, 0.5) is 0 Å². The van der Waals surface area contributed by atoms with Gasteiger partial charge in [0.1, 0.15) is 11.2 Å². The van der Waals surface area contributed by atoms with E-state index in [0.29, 0.717) is 11.8 Å². The predicted molar refractivity (Wildman–Crippen MR) is 254 cm³/mol. The standard InChI is InChI=1S/C55H62N4O/c1-4-38-20-11-8-9-12-23-48-52(38)42-21-14-15-22-46(42)58(48)40-26-29-50-43(34-40)44-35-41(27-30-51(44)60-50)59-47-28-25-39(55(57)32-18-16-19-37(3)36-55)33-45(47)53-49(59)24-13-7-6-10-17-31-54(53,56)5-2/h6-7,12-15,21-30,33-35,37-38H,4-5,8-11,16-20,31-32,36,56-57H2,1-3H3/b7-6+,23-12-,24-13-. The highest BCUT2D eigenvalue weighted by atomic mass is 16.3. The van der Waals surface area contributed by atoms with Gasteiger partial charge in [-0.05, 0) is 154 Å². The molecule has 10 rings (SSSR count). The van der Waals surface area contributed by atoms with Gasteiger partial charge >= 0.3 is 0 Å². The predicted octanol–water partition coefficient (Wildman–Crippen LogP) is 14.6. The largest absolute Gasteiger partial charge is 0.456 e. The Morgan fingerprint density at radius 1 is 0.667 bits per heavy atom. The summed E-state index contributed by atoms with van der Waals surface area (Å²) < 4.78 is 11.6. The minimum Gasteiger partial charge on any atom is -0.456 e. The van der Waals surface area contributed by atoms with Crippen LogP contribution >= 0.6 is 0 Å². The highest BCUT2D eigenvalue weighted by molar-refractivity contribution is 6.07. The van der Waals surface area contributed by atoms with E-state index >= 15 is 0 Å². The molecule has 0 amide bonds. The summed E-state index contributed by atoms with van der Waals surface area (Å²) in [5, 5.41) is 4.84. The van der Waals surface area contributed by atoms with Gasteiger partial charge in [-0.25, -0.2) is 0 Å². The molecule has 1 saturated carbocycles. The van der Waals surface area contributed by atoms with Crippen LogP contribution in [0.25, 0.3) is 67.3 Å². The number of nitrogens with two attached hydrogens (primary N) is 2. The molecule has 5 nitrogen and oxygen atoms in total. The van der Waals surface area contributed by atoms with Gasteiger partial charge in [0.2, 0.25) is 0 Å². The normalized spacial score (nSPS) is 25.6. The lowest BCUT2D eigenvalue weighted by molar-refractivity contribution is 0.338. The number of para-hydroxylation sites is 1. The van der Waals surface area contributed by atoms with Gasteiger partial charge in [-0.15, -0.1) is 0 Å². The molecule has 0 bridgehead atoms. The first kappa shape index (κ1) is 39.1. The Hall–Kier alpha value is -5.10. The SMILES string of the molecule is CCC1CCCC/C=C\c2c1c1ccccc1n2-c1ccc2oc3ccc(-n4c5c(c6cc(C7(N)CCCCC(C)C7)ccc64)C(N)(CC)CCC/C=C/C=C\5)cc3c2c1. The number of allylic oxidation sites excluding steroid dienone is 4. The van der Waals surface area contributed by atoms with E-state index < -0.39 is 5.54 Å². The minimum absolute atomic E-state index is 0.349. The number of hydrogen-bond acceptors (Lipinski definition) is 3. The molecule has 0 spiro atoms. The molecule has 3 aromatic heterocycles. The number of fused-ring (bicyclic) bond motifs is 9. The number of furan rings is 1. The Morgan fingerprint density at radius 2 is 1.40 bits per heavy atom. The molecule has 60 heavy (non-hydrogen) atoms. The minimum atomic E-state index is -0.492. The molecular formula is C55H62N4O. The number of aromatic nitrogens is 2. The van der Waals surface area contributed by atoms with Crippen LogP contribution < -0.4 is 11.5 Å². The molecule has 4 unspecified atom stereocenters. The van der Waals surface area contributed by atoms with Gasteiger partial charge in [0.05, 0.1) is 16.7 Å². The van der Waals surface area contributed by atoms with Crippen molar-refractivity contribution in [2.45, 2.75) is 128 Å². The summed E-state index contributed by atoms with van der Waals surface area (Å²) >= 11 is 0. The fourth-order valence-electron chi connectivity index (χ4n) is 11.5. The maximum Gasteiger partial charge on any atom is 0.135 e. The van der Waals surface area contributed by atoms with Crippen LogP contribution in [-0.2, 0) is 11.1 Å². The topological polar surface area (TPSA) is 75.0 Å². The van der Waals surface area contributed by atoms with Crippen LogP contribution in [0.1, 0.15) is 145 Å². The number of nitrogens with zero attached hydrogens (tertiary/aromatic N) is 2. The second-order valence-corrected chi connectivity index (χ2v) is 18.6. The van der Waals surface area contributed by atoms with E-state index in [2.05, 4.69) is 145 Å².